The van der Waals surface area contributed by atoms with Crippen molar-refractivity contribution in [3.05, 3.63) is 28.8 Å². The highest BCUT2D eigenvalue weighted by molar-refractivity contribution is 6.30. The van der Waals surface area contributed by atoms with Crippen LogP contribution in [0.4, 0.5) is 5.69 Å². The van der Waals surface area contributed by atoms with Crippen LogP contribution in [0.15, 0.2) is 23.2 Å². The van der Waals surface area contributed by atoms with Gasteiger partial charge < -0.3 is 5.73 Å². The predicted octanol–water partition coefficient (Wildman–Crippen LogP) is 1.68. The third-order valence-electron chi connectivity index (χ3n) is 3.06. The van der Waals surface area contributed by atoms with Crippen LogP contribution in [0.5, 0.6) is 0 Å². The fraction of sp³-hybridized carbons (Fsp3) is 0.417. The molecule has 1 aliphatic heterocycles. The number of aliphatic imine (C=N–C) groups is 1. The van der Waals surface area contributed by atoms with Gasteiger partial charge >= 0.3 is 0 Å². The summed E-state index contributed by atoms with van der Waals surface area (Å²) >= 11 is 5.97. The normalized spacial score (nSPS) is 19.4. The summed E-state index contributed by atoms with van der Waals surface area (Å²) in [5, 5.41) is 2.82. The van der Waals surface area contributed by atoms with Crippen LogP contribution in [0.1, 0.15) is 18.4 Å². The third-order valence-corrected chi connectivity index (χ3v) is 3.29. The molecule has 2 aliphatic rings. The molecule has 90 valence electrons. The summed E-state index contributed by atoms with van der Waals surface area (Å²) in [6.45, 7) is 0.899. The molecular formula is C12H15ClN4. The number of benzene rings is 1. The molecule has 1 aliphatic carbocycles. The Bertz CT molecular complexity index is 468. The Balaban J connectivity index is 1.74. The second kappa shape index (κ2) is 4.11. The maximum absolute atomic E-state index is 5.97. The molecule has 1 fully saturated rings. The lowest BCUT2D eigenvalue weighted by Crippen LogP contribution is -2.45. The first kappa shape index (κ1) is 10.7. The zero-order valence-electron chi connectivity index (χ0n) is 9.49. The number of nitrogens with zero attached hydrogens (tertiary/aromatic N) is 2. The van der Waals surface area contributed by atoms with Gasteiger partial charge in [-0.2, -0.15) is 0 Å². The van der Waals surface area contributed by atoms with Gasteiger partial charge in [-0.1, -0.05) is 11.6 Å². The minimum atomic E-state index is 0.440. The number of hydrogen-bond donors (Lipinski definition) is 2. The third kappa shape index (κ3) is 2.31. The summed E-state index contributed by atoms with van der Waals surface area (Å²) in [4.78, 5) is 4.36. The highest BCUT2D eigenvalue weighted by atomic mass is 35.5. The molecule has 1 aromatic rings. The summed E-state index contributed by atoms with van der Waals surface area (Å²) in [5.41, 5.74) is 11.4. The number of hydrogen-bond acceptors (Lipinski definition) is 2. The van der Waals surface area contributed by atoms with E-state index in [1.54, 1.807) is 0 Å². The zero-order valence-corrected chi connectivity index (χ0v) is 10.2. The first-order valence-electron chi connectivity index (χ1n) is 5.88. The molecule has 4 nitrogen and oxygen atoms in total. The number of nitrogens with two attached hydrogens (primary N) is 1. The largest absolute Gasteiger partial charge is 0.369 e. The molecule has 5 heteroatoms. The van der Waals surface area contributed by atoms with Gasteiger partial charge in [0.15, 0.2) is 0 Å². The van der Waals surface area contributed by atoms with Gasteiger partial charge in [-0.3, -0.25) is 10.4 Å². The van der Waals surface area contributed by atoms with E-state index in [1.807, 2.05) is 23.2 Å². The van der Waals surface area contributed by atoms with E-state index in [2.05, 4.69) is 10.4 Å². The van der Waals surface area contributed by atoms with Crippen molar-refractivity contribution in [2.75, 3.05) is 11.6 Å². The highest BCUT2D eigenvalue weighted by Gasteiger charge is 2.23. The van der Waals surface area contributed by atoms with Crippen LogP contribution in [0.3, 0.4) is 0 Å². The van der Waals surface area contributed by atoms with Crippen LogP contribution >= 0.6 is 11.6 Å². The van der Waals surface area contributed by atoms with Crippen LogP contribution in [-0.2, 0) is 6.42 Å². The number of halogens is 1. The van der Waals surface area contributed by atoms with E-state index < -0.39 is 0 Å². The maximum atomic E-state index is 5.97. The van der Waals surface area contributed by atoms with Gasteiger partial charge in [-0.25, -0.2) is 4.99 Å². The monoisotopic (exact) mass is 250 g/mol. The van der Waals surface area contributed by atoms with E-state index in [-0.39, 0.29) is 0 Å². The Kier molecular flexibility index (Phi) is 2.59. The van der Waals surface area contributed by atoms with Crippen molar-refractivity contribution >= 4 is 23.2 Å². The average molecular weight is 251 g/mol. The van der Waals surface area contributed by atoms with Crippen molar-refractivity contribution in [2.45, 2.75) is 25.3 Å². The molecule has 0 aromatic heterocycles. The van der Waals surface area contributed by atoms with Crippen molar-refractivity contribution in [2.24, 2.45) is 10.7 Å². The quantitative estimate of drug-likeness (QED) is 0.620. The van der Waals surface area contributed by atoms with Gasteiger partial charge in [0.1, 0.15) is 0 Å². The topological polar surface area (TPSA) is 53.6 Å². The summed E-state index contributed by atoms with van der Waals surface area (Å²) in [7, 11) is 0. The lowest BCUT2D eigenvalue weighted by molar-refractivity contribution is 0.787. The molecule has 0 saturated heterocycles. The Labute approximate surface area is 105 Å². The molecule has 1 heterocycles. The highest BCUT2D eigenvalue weighted by Crippen LogP contribution is 2.29. The molecule has 17 heavy (non-hydrogen) atoms. The fourth-order valence-electron chi connectivity index (χ4n) is 2.05. The van der Waals surface area contributed by atoms with E-state index >= 15 is 0 Å². The molecule has 3 rings (SSSR count). The fourth-order valence-corrected chi connectivity index (χ4v) is 2.25. The maximum Gasteiger partial charge on any atom is 0.208 e. The Hall–Kier alpha value is -1.42. The molecule has 0 amide bonds. The lowest BCUT2D eigenvalue weighted by atomic mass is 10.2. The number of anilines is 1. The van der Waals surface area contributed by atoms with Gasteiger partial charge in [-0.15, -0.1) is 0 Å². The summed E-state index contributed by atoms with van der Waals surface area (Å²) in [5.74, 6) is 0.510. The van der Waals surface area contributed by atoms with Crippen molar-refractivity contribution in [1.82, 2.24) is 5.43 Å². The number of hydrazine groups is 1. The Morgan fingerprint density at radius 2 is 2.29 bits per heavy atom. The number of fused-ring (bicyclic) bond motifs is 1. The van der Waals surface area contributed by atoms with Crippen molar-refractivity contribution < 1.29 is 0 Å². The molecule has 0 unspecified atom stereocenters. The second-order valence-corrected chi connectivity index (χ2v) is 4.97. The van der Waals surface area contributed by atoms with Gasteiger partial charge in [0.05, 0.1) is 11.7 Å². The van der Waals surface area contributed by atoms with E-state index in [0.717, 1.165) is 36.5 Å². The Morgan fingerprint density at radius 3 is 3.06 bits per heavy atom. The van der Waals surface area contributed by atoms with E-state index in [9.17, 15) is 0 Å². The van der Waals surface area contributed by atoms with E-state index in [1.165, 1.54) is 5.56 Å². The van der Waals surface area contributed by atoms with Gasteiger partial charge in [0.25, 0.3) is 0 Å². The minimum Gasteiger partial charge on any atom is -0.369 e. The minimum absolute atomic E-state index is 0.440. The molecule has 3 N–H and O–H groups in total. The number of guanidine groups is 1. The number of nitrogens with one attached hydrogen (secondary N) is 1. The van der Waals surface area contributed by atoms with Crippen LogP contribution in [0.25, 0.3) is 0 Å². The van der Waals surface area contributed by atoms with Crippen LogP contribution in [0.2, 0.25) is 5.02 Å². The SMILES string of the molecule is NC(=NC1CC1)NN1CCc2cc(Cl)ccc21. The first-order chi connectivity index (χ1) is 8.22. The van der Waals surface area contributed by atoms with Gasteiger partial charge in [-0.05, 0) is 43.0 Å². The summed E-state index contributed by atoms with van der Waals surface area (Å²) in [6.07, 6.45) is 3.31. The Morgan fingerprint density at radius 1 is 1.47 bits per heavy atom. The van der Waals surface area contributed by atoms with Crippen molar-refractivity contribution in [3.8, 4) is 0 Å². The van der Waals surface area contributed by atoms with Crippen molar-refractivity contribution in [3.63, 3.8) is 0 Å². The molecule has 0 atom stereocenters. The van der Waals surface area contributed by atoms with Crippen LogP contribution in [-0.4, -0.2) is 18.5 Å². The average Bonchev–Trinajstić information content (AvgIpc) is 3.01. The van der Waals surface area contributed by atoms with E-state index in [4.69, 9.17) is 17.3 Å². The van der Waals surface area contributed by atoms with Crippen LogP contribution in [0, 0.1) is 0 Å². The molecule has 1 saturated carbocycles. The molecular weight excluding hydrogens is 236 g/mol. The van der Waals surface area contributed by atoms with Gasteiger partial charge in [0.2, 0.25) is 5.96 Å². The number of rotatable bonds is 2. The summed E-state index contributed by atoms with van der Waals surface area (Å²) in [6, 6.07) is 6.36. The van der Waals surface area contributed by atoms with Gasteiger partial charge in [0, 0.05) is 11.6 Å². The van der Waals surface area contributed by atoms with E-state index in [0.29, 0.717) is 12.0 Å². The smallest absolute Gasteiger partial charge is 0.208 e. The second-order valence-electron chi connectivity index (χ2n) is 4.53. The lowest BCUT2D eigenvalue weighted by Gasteiger charge is -2.20. The molecule has 0 spiro atoms. The van der Waals surface area contributed by atoms with Crippen molar-refractivity contribution in [1.29, 1.82) is 0 Å². The predicted molar refractivity (Wildman–Crippen MR) is 70.3 cm³/mol. The van der Waals surface area contributed by atoms with Crippen LogP contribution < -0.4 is 16.2 Å². The molecule has 0 radical (unpaired) electrons. The standard InChI is InChI=1S/C12H15ClN4/c13-9-1-4-11-8(7-9)5-6-17(11)16-12(14)15-10-2-3-10/h1,4,7,10H,2-3,5-6H2,(H3,14,15,16). The first-order valence-corrected chi connectivity index (χ1v) is 6.26. The molecule has 1 aromatic carbocycles. The zero-order chi connectivity index (χ0) is 11.8. The molecule has 0 bridgehead atoms. The summed E-state index contributed by atoms with van der Waals surface area (Å²) < 4.78 is 0.